The summed E-state index contributed by atoms with van der Waals surface area (Å²) >= 11 is 0. The number of hydrogen-bond acceptors (Lipinski definition) is 1. The molecule has 1 heterocycles. The minimum atomic E-state index is 0.198. The summed E-state index contributed by atoms with van der Waals surface area (Å²) in [7, 11) is 1.86. The van der Waals surface area contributed by atoms with Gasteiger partial charge in [-0.1, -0.05) is 11.6 Å². The Morgan fingerprint density at radius 2 is 2.25 bits per heavy atom. The van der Waals surface area contributed by atoms with Gasteiger partial charge < -0.3 is 4.90 Å². The molecule has 2 nitrogen and oxygen atoms in total. The average molecular weight is 163 g/mol. The van der Waals surface area contributed by atoms with E-state index in [1.54, 1.807) is 4.90 Å². The van der Waals surface area contributed by atoms with Gasteiger partial charge in [0.05, 0.1) is 0 Å². The molecule has 0 unspecified atom stereocenters. The van der Waals surface area contributed by atoms with E-state index >= 15 is 0 Å². The lowest BCUT2D eigenvalue weighted by atomic mass is 9.94. The number of nitrogens with zero attached hydrogens (tertiary/aromatic N) is 1. The zero-order valence-corrected chi connectivity index (χ0v) is 7.55. The Bertz CT molecular complexity index is 299. The molecule has 2 heteroatoms. The molecule has 0 aromatic carbocycles. The molecule has 0 atom stereocenters. The van der Waals surface area contributed by atoms with Gasteiger partial charge in [0.2, 0.25) is 0 Å². The minimum Gasteiger partial charge on any atom is -0.337 e. The molecule has 0 spiro atoms. The molecule has 0 saturated carbocycles. The van der Waals surface area contributed by atoms with Crippen LogP contribution < -0.4 is 0 Å². The molecule has 2 aliphatic rings. The van der Waals surface area contributed by atoms with E-state index in [-0.39, 0.29) is 5.91 Å². The summed E-state index contributed by atoms with van der Waals surface area (Å²) in [6.07, 6.45) is 4.23. The summed E-state index contributed by atoms with van der Waals surface area (Å²) in [5, 5.41) is 0. The first kappa shape index (κ1) is 7.59. The Labute approximate surface area is 72.6 Å². The number of amides is 1. The Morgan fingerprint density at radius 3 is 2.92 bits per heavy atom. The van der Waals surface area contributed by atoms with Crippen molar-refractivity contribution in [1.29, 1.82) is 0 Å². The number of allylic oxidation sites excluding steroid dienone is 2. The lowest BCUT2D eigenvalue weighted by Gasteiger charge is -2.09. The molecule has 1 fully saturated rings. The first-order valence-corrected chi connectivity index (χ1v) is 4.35. The predicted octanol–water partition coefficient (Wildman–Crippen LogP) is 1.50. The number of rotatable bonds is 0. The second kappa shape index (κ2) is 2.47. The molecule has 0 N–H and O–H groups in total. The van der Waals surface area contributed by atoms with Crippen LogP contribution in [0.5, 0.6) is 0 Å². The molecule has 0 bridgehead atoms. The average Bonchev–Trinajstić information content (AvgIpc) is 2.32. The third-order valence-corrected chi connectivity index (χ3v) is 2.68. The maximum absolute atomic E-state index is 11.5. The molecule has 1 aliphatic carbocycles. The van der Waals surface area contributed by atoms with Gasteiger partial charge in [-0.15, -0.1) is 0 Å². The molecule has 0 aromatic heterocycles. The van der Waals surface area contributed by atoms with Crippen molar-refractivity contribution in [3.05, 3.63) is 22.8 Å². The van der Waals surface area contributed by atoms with Gasteiger partial charge in [-0.25, -0.2) is 0 Å². The summed E-state index contributed by atoms with van der Waals surface area (Å²) in [4.78, 5) is 13.3. The van der Waals surface area contributed by atoms with Crippen molar-refractivity contribution in [3.8, 4) is 0 Å². The highest BCUT2D eigenvalue weighted by molar-refractivity contribution is 6.01. The SMILES string of the molecule is CC1=C2CN(C)C(=O)C2=CCC1. The molecule has 1 amide bonds. The van der Waals surface area contributed by atoms with Crippen LogP contribution in [0.3, 0.4) is 0 Å². The van der Waals surface area contributed by atoms with Gasteiger partial charge >= 0.3 is 0 Å². The maximum Gasteiger partial charge on any atom is 0.253 e. The number of likely N-dealkylation sites (tertiary alicyclic amines) is 1. The second-order valence-corrected chi connectivity index (χ2v) is 3.58. The zero-order valence-electron chi connectivity index (χ0n) is 7.55. The first-order valence-electron chi connectivity index (χ1n) is 4.35. The van der Waals surface area contributed by atoms with Gasteiger partial charge in [-0.05, 0) is 25.3 Å². The van der Waals surface area contributed by atoms with Crippen LogP contribution in [0.1, 0.15) is 19.8 Å². The van der Waals surface area contributed by atoms with E-state index in [0.717, 1.165) is 25.0 Å². The minimum absolute atomic E-state index is 0.198. The standard InChI is InChI=1S/C10H13NO/c1-7-4-3-5-8-9(7)6-11(2)10(8)12/h5H,3-4,6H2,1-2H3. The Morgan fingerprint density at radius 1 is 1.50 bits per heavy atom. The first-order chi connectivity index (χ1) is 5.70. The van der Waals surface area contributed by atoms with Crippen molar-refractivity contribution in [3.63, 3.8) is 0 Å². The quantitative estimate of drug-likeness (QED) is 0.530. The normalized spacial score (nSPS) is 23.0. The summed E-state index contributed by atoms with van der Waals surface area (Å²) in [5.74, 6) is 0.198. The molecule has 12 heavy (non-hydrogen) atoms. The highest BCUT2D eigenvalue weighted by Crippen LogP contribution is 2.31. The summed E-state index contributed by atoms with van der Waals surface area (Å²) in [6, 6.07) is 0. The maximum atomic E-state index is 11.5. The van der Waals surface area contributed by atoms with Crippen LogP contribution in [0, 0.1) is 0 Å². The molecular formula is C10H13NO. The van der Waals surface area contributed by atoms with Gasteiger partial charge in [0.1, 0.15) is 0 Å². The molecule has 0 aromatic rings. The third kappa shape index (κ3) is 0.909. The van der Waals surface area contributed by atoms with Crippen molar-refractivity contribution in [1.82, 2.24) is 4.90 Å². The van der Waals surface area contributed by atoms with Crippen molar-refractivity contribution in [2.75, 3.05) is 13.6 Å². The number of carbonyl (C=O) groups is 1. The highest BCUT2D eigenvalue weighted by Gasteiger charge is 2.29. The van der Waals surface area contributed by atoms with Crippen LogP contribution in [0.4, 0.5) is 0 Å². The predicted molar refractivity (Wildman–Crippen MR) is 47.7 cm³/mol. The molecular weight excluding hydrogens is 150 g/mol. The number of fused-ring (bicyclic) bond motifs is 1. The Balaban J connectivity index is 2.46. The number of hydrogen-bond donors (Lipinski definition) is 0. The smallest absolute Gasteiger partial charge is 0.253 e. The van der Waals surface area contributed by atoms with Gasteiger partial charge in [0, 0.05) is 19.2 Å². The van der Waals surface area contributed by atoms with Gasteiger partial charge in [0.15, 0.2) is 0 Å². The lowest BCUT2D eigenvalue weighted by molar-refractivity contribution is -0.123. The molecule has 2 rings (SSSR count). The molecule has 1 aliphatic heterocycles. The van der Waals surface area contributed by atoms with E-state index in [4.69, 9.17) is 0 Å². The van der Waals surface area contributed by atoms with E-state index in [1.165, 1.54) is 11.1 Å². The van der Waals surface area contributed by atoms with Crippen LogP contribution in [0.25, 0.3) is 0 Å². The lowest BCUT2D eigenvalue weighted by Crippen LogP contribution is -2.18. The van der Waals surface area contributed by atoms with Crippen LogP contribution in [-0.4, -0.2) is 24.4 Å². The monoisotopic (exact) mass is 163 g/mol. The van der Waals surface area contributed by atoms with Crippen LogP contribution in [0.2, 0.25) is 0 Å². The fourth-order valence-electron chi connectivity index (χ4n) is 1.89. The fraction of sp³-hybridized carbons (Fsp3) is 0.500. The third-order valence-electron chi connectivity index (χ3n) is 2.68. The Kier molecular flexibility index (Phi) is 1.56. The Hall–Kier alpha value is -1.05. The van der Waals surface area contributed by atoms with Crippen molar-refractivity contribution in [2.45, 2.75) is 19.8 Å². The van der Waals surface area contributed by atoms with Gasteiger partial charge in [0.25, 0.3) is 5.91 Å². The number of likely N-dealkylation sites (N-methyl/N-ethyl adjacent to an activating group) is 1. The summed E-state index contributed by atoms with van der Waals surface area (Å²) < 4.78 is 0. The van der Waals surface area contributed by atoms with Crippen molar-refractivity contribution >= 4 is 5.91 Å². The van der Waals surface area contributed by atoms with Crippen LogP contribution >= 0.6 is 0 Å². The van der Waals surface area contributed by atoms with Crippen molar-refractivity contribution in [2.24, 2.45) is 0 Å². The van der Waals surface area contributed by atoms with Crippen LogP contribution in [0.15, 0.2) is 22.8 Å². The van der Waals surface area contributed by atoms with E-state index < -0.39 is 0 Å². The summed E-state index contributed by atoms with van der Waals surface area (Å²) in [5.41, 5.74) is 3.63. The van der Waals surface area contributed by atoms with E-state index in [1.807, 2.05) is 7.05 Å². The van der Waals surface area contributed by atoms with Crippen molar-refractivity contribution < 1.29 is 4.79 Å². The van der Waals surface area contributed by atoms with Gasteiger partial charge in [-0.3, -0.25) is 4.79 Å². The zero-order chi connectivity index (χ0) is 8.72. The van der Waals surface area contributed by atoms with Gasteiger partial charge in [-0.2, -0.15) is 0 Å². The van der Waals surface area contributed by atoms with E-state index in [2.05, 4.69) is 13.0 Å². The highest BCUT2D eigenvalue weighted by atomic mass is 16.2. The fourth-order valence-corrected chi connectivity index (χ4v) is 1.89. The van der Waals surface area contributed by atoms with E-state index in [0.29, 0.717) is 0 Å². The van der Waals surface area contributed by atoms with E-state index in [9.17, 15) is 4.79 Å². The summed E-state index contributed by atoms with van der Waals surface area (Å²) in [6.45, 7) is 2.95. The largest absolute Gasteiger partial charge is 0.337 e. The van der Waals surface area contributed by atoms with Crippen LogP contribution in [-0.2, 0) is 4.79 Å². The molecule has 64 valence electrons. The molecule has 1 saturated heterocycles. The molecule has 0 radical (unpaired) electrons. The topological polar surface area (TPSA) is 20.3 Å². The number of carbonyl (C=O) groups excluding carboxylic acids is 1. The second-order valence-electron chi connectivity index (χ2n) is 3.58.